The first-order chi connectivity index (χ1) is 14.2. The molecule has 2 aromatic rings. The summed E-state index contributed by atoms with van der Waals surface area (Å²) in [5.74, 6) is -0.323. The van der Waals surface area contributed by atoms with Crippen molar-refractivity contribution in [3.05, 3.63) is 62.4 Å². The highest BCUT2D eigenvalue weighted by Gasteiger charge is 2.39. The van der Waals surface area contributed by atoms with E-state index in [1.54, 1.807) is 23.1 Å². The predicted molar refractivity (Wildman–Crippen MR) is 107 cm³/mol. The molecule has 1 aromatic heterocycles. The third-order valence-electron chi connectivity index (χ3n) is 5.40. The van der Waals surface area contributed by atoms with Crippen molar-refractivity contribution < 1.29 is 17.9 Å². The van der Waals surface area contributed by atoms with Gasteiger partial charge >= 0.3 is 11.7 Å². The van der Waals surface area contributed by atoms with Crippen LogP contribution in [0, 0.1) is 0 Å². The Bertz CT molecular complexity index is 1290. The maximum atomic E-state index is 12.8. The molecule has 0 unspecified atom stereocenters. The van der Waals surface area contributed by atoms with E-state index in [0.29, 0.717) is 24.9 Å². The molecular formula is C19H20N4O6S. The summed E-state index contributed by atoms with van der Waals surface area (Å²) in [6.45, 7) is 0.221. The van der Waals surface area contributed by atoms with Crippen molar-refractivity contribution in [2.45, 2.75) is 30.4 Å². The Balaban J connectivity index is 1.56. The number of fused-ring (bicyclic) bond motifs is 1. The fraction of sp³-hybridized carbons (Fsp3) is 0.368. The van der Waals surface area contributed by atoms with Crippen LogP contribution >= 0.6 is 0 Å². The monoisotopic (exact) mass is 432 g/mol. The van der Waals surface area contributed by atoms with Crippen LogP contribution in [0.3, 0.4) is 0 Å². The van der Waals surface area contributed by atoms with E-state index in [9.17, 15) is 22.8 Å². The molecular weight excluding hydrogens is 412 g/mol. The van der Waals surface area contributed by atoms with E-state index in [0.717, 1.165) is 4.57 Å². The molecule has 0 aliphatic carbocycles. The van der Waals surface area contributed by atoms with Gasteiger partial charge in [0.15, 0.2) is 5.84 Å². The molecule has 0 bridgehead atoms. The van der Waals surface area contributed by atoms with Gasteiger partial charge < -0.3 is 9.64 Å². The molecule has 158 valence electrons. The van der Waals surface area contributed by atoms with Crippen LogP contribution in [0.1, 0.15) is 24.1 Å². The van der Waals surface area contributed by atoms with Gasteiger partial charge in [-0.05, 0) is 25.0 Å². The summed E-state index contributed by atoms with van der Waals surface area (Å²) in [5.41, 5.74) is -0.273. The Morgan fingerprint density at radius 3 is 2.70 bits per heavy atom. The number of ether oxygens (including phenoxy) is 1. The van der Waals surface area contributed by atoms with Gasteiger partial charge in [-0.3, -0.25) is 13.9 Å². The largest absolute Gasteiger partial charge is 0.458 e. The molecule has 0 saturated carbocycles. The molecule has 0 amide bonds. The Hall–Kier alpha value is -3.21. The predicted octanol–water partition coefficient (Wildman–Crippen LogP) is -0.259. The first kappa shape index (κ1) is 20.1. The summed E-state index contributed by atoms with van der Waals surface area (Å²) in [6, 6.07) is 7.03. The van der Waals surface area contributed by atoms with E-state index in [4.69, 9.17) is 4.74 Å². The van der Waals surface area contributed by atoms with Gasteiger partial charge in [0.1, 0.15) is 17.5 Å². The molecule has 2 aliphatic heterocycles. The fourth-order valence-corrected chi connectivity index (χ4v) is 4.94. The van der Waals surface area contributed by atoms with Gasteiger partial charge in [0.2, 0.25) is 0 Å². The quantitative estimate of drug-likeness (QED) is 0.613. The van der Waals surface area contributed by atoms with Crippen LogP contribution in [0.4, 0.5) is 0 Å². The van der Waals surface area contributed by atoms with Crippen LogP contribution < -0.4 is 11.2 Å². The minimum atomic E-state index is -3.80. The second-order valence-corrected chi connectivity index (χ2v) is 8.79. The Morgan fingerprint density at radius 1 is 1.20 bits per heavy atom. The van der Waals surface area contributed by atoms with Gasteiger partial charge in [-0.15, -0.1) is 4.40 Å². The summed E-state index contributed by atoms with van der Waals surface area (Å²) in [4.78, 5) is 38.4. The number of rotatable bonds is 3. The van der Waals surface area contributed by atoms with Crippen molar-refractivity contribution >= 4 is 21.8 Å². The van der Waals surface area contributed by atoms with Crippen LogP contribution in [0.25, 0.3) is 0 Å². The molecule has 3 heterocycles. The van der Waals surface area contributed by atoms with E-state index in [2.05, 4.69) is 4.40 Å². The maximum Gasteiger partial charge on any atom is 0.330 e. The van der Waals surface area contributed by atoms with Gasteiger partial charge in [-0.2, -0.15) is 8.42 Å². The third-order valence-corrected chi connectivity index (χ3v) is 6.72. The van der Waals surface area contributed by atoms with E-state index >= 15 is 0 Å². The van der Waals surface area contributed by atoms with E-state index in [-0.39, 0.29) is 23.0 Å². The highest BCUT2D eigenvalue weighted by Crippen LogP contribution is 2.31. The number of sulfonamides is 1. The van der Waals surface area contributed by atoms with Gasteiger partial charge in [-0.25, -0.2) is 9.59 Å². The first-order valence-corrected chi connectivity index (χ1v) is 10.8. The standard InChI is InChI=1S/C19H20N4O6S/c1-21-12(10-16(24)22(2)19(21)26)11-29-18(25)14-7-5-9-23(14)17-13-6-3-4-8-15(13)30(27,28)20-17/h3-4,6,8,10,14H,5,7,9,11H2,1-2H3/t14-/m0/s1. The van der Waals surface area contributed by atoms with Crippen LogP contribution in [-0.2, 0) is 40.3 Å². The topological polar surface area (TPSA) is 120 Å². The maximum absolute atomic E-state index is 12.8. The molecule has 2 aliphatic rings. The van der Waals surface area contributed by atoms with E-state index in [1.165, 1.54) is 30.8 Å². The third kappa shape index (κ3) is 3.24. The highest BCUT2D eigenvalue weighted by atomic mass is 32.2. The zero-order chi connectivity index (χ0) is 21.6. The summed E-state index contributed by atoms with van der Waals surface area (Å²) in [7, 11) is -0.943. The van der Waals surface area contributed by atoms with E-state index < -0.39 is 33.3 Å². The Kier molecular flexibility index (Phi) is 4.85. The zero-order valence-electron chi connectivity index (χ0n) is 16.4. The summed E-state index contributed by atoms with van der Waals surface area (Å²) in [6.07, 6.45) is 1.15. The Morgan fingerprint density at radius 2 is 1.93 bits per heavy atom. The van der Waals surface area contributed by atoms with Gasteiger partial charge in [0, 0.05) is 32.3 Å². The lowest BCUT2D eigenvalue weighted by Crippen LogP contribution is -2.42. The normalized spacial score (nSPS) is 19.5. The SMILES string of the molecule is Cn1c(COC(=O)[C@@H]2CCCN2C2=NS(=O)(=O)c3ccccc32)cc(=O)n(C)c1=O. The molecule has 1 saturated heterocycles. The minimum Gasteiger partial charge on any atom is -0.458 e. The van der Waals surface area contributed by atoms with Crippen molar-refractivity contribution in [3.63, 3.8) is 0 Å². The van der Waals surface area contributed by atoms with Gasteiger partial charge in [0.25, 0.3) is 15.6 Å². The molecule has 1 aromatic carbocycles. The van der Waals surface area contributed by atoms with Crippen molar-refractivity contribution in [3.8, 4) is 0 Å². The lowest BCUT2D eigenvalue weighted by molar-refractivity contribution is -0.149. The number of benzene rings is 1. The average Bonchev–Trinajstić information content (AvgIpc) is 3.31. The first-order valence-electron chi connectivity index (χ1n) is 9.34. The van der Waals surface area contributed by atoms with Crippen molar-refractivity contribution in [2.75, 3.05) is 6.54 Å². The molecule has 1 fully saturated rings. The fourth-order valence-electron chi connectivity index (χ4n) is 3.72. The highest BCUT2D eigenvalue weighted by molar-refractivity contribution is 7.90. The second kappa shape index (κ2) is 7.24. The number of amidine groups is 1. The number of esters is 1. The smallest absolute Gasteiger partial charge is 0.330 e. The van der Waals surface area contributed by atoms with Gasteiger partial charge in [0.05, 0.1) is 5.69 Å². The van der Waals surface area contributed by atoms with Crippen LogP contribution in [0.15, 0.2) is 49.2 Å². The van der Waals surface area contributed by atoms with Crippen LogP contribution in [0.5, 0.6) is 0 Å². The average molecular weight is 432 g/mol. The summed E-state index contributed by atoms with van der Waals surface area (Å²) >= 11 is 0. The molecule has 4 rings (SSSR count). The number of carbonyl (C=O) groups excluding carboxylic acids is 1. The number of hydrogen-bond acceptors (Lipinski definition) is 7. The lowest BCUT2D eigenvalue weighted by Gasteiger charge is -2.25. The van der Waals surface area contributed by atoms with Gasteiger partial charge in [-0.1, -0.05) is 12.1 Å². The molecule has 11 heteroatoms. The van der Waals surface area contributed by atoms with Crippen LogP contribution in [0.2, 0.25) is 0 Å². The second-order valence-electron chi connectivity index (χ2n) is 7.22. The number of likely N-dealkylation sites (tertiary alicyclic amines) is 1. The van der Waals surface area contributed by atoms with Crippen LogP contribution in [-0.4, -0.2) is 46.8 Å². The van der Waals surface area contributed by atoms with Crippen molar-refractivity contribution in [1.82, 2.24) is 14.0 Å². The number of aromatic nitrogens is 2. The van der Waals surface area contributed by atoms with Crippen molar-refractivity contribution in [2.24, 2.45) is 18.5 Å². The molecule has 0 radical (unpaired) electrons. The summed E-state index contributed by atoms with van der Waals surface area (Å²) < 4.78 is 36.1. The lowest BCUT2D eigenvalue weighted by atomic mass is 10.1. The van der Waals surface area contributed by atoms with E-state index in [1.807, 2.05) is 0 Å². The molecule has 30 heavy (non-hydrogen) atoms. The molecule has 1 atom stereocenters. The zero-order valence-corrected chi connectivity index (χ0v) is 17.3. The molecule has 10 nitrogen and oxygen atoms in total. The number of hydrogen-bond donors (Lipinski definition) is 0. The minimum absolute atomic E-state index is 0.120. The molecule has 0 spiro atoms. The Labute approximate surface area is 172 Å². The number of nitrogens with zero attached hydrogens (tertiary/aromatic N) is 4. The van der Waals surface area contributed by atoms with Crippen molar-refractivity contribution in [1.29, 1.82) is 0 Å². The summed E-state index contributed by atoms with van der Waals surface area (Å²) in [5, 5.41) is 0. The molecule has 0 N–H and O–H groups in total. The number of carbonyl (C=O) groups is 1.